The van der Waals surface area contributed by atoms with E-state index in [2.05, 4.69) is 4.99 Å². The first-order valence-corrected chi connectivity index (χ1v) is 5.52. The molecule has 4 heteroatoms. The monoisotopic (exact) mass is 212 g/mol. The smallest absolute Gasteiger partial charge is 0.247 e. The number of carbonyl (C=O) groups is 1. The maximum atomic E-state index is 11.9. The van der Waals surface area contributed by atoms with E-state index in [1.807, 2.05) is 20.8 Å². The van der Waals surface area contributed by atoms with Gasteiger partial charge in [-0.15, -0.1) is 0 Å². The Balaban J connectivity index is 2.55. The molecule has 1 N–H and O–H groups in total. The lowest BCUT2D eigenvalue weighted by Gasteiger charge is -2.37. The van der Waals surface area contributed by atoms with Crippen LogP contribution in [0.15, 0.2) is 4.99 Å². The average Bonchev–Trinajstić information content (AvgIpc) is 2.10. The molecule has 1 aliphatic heterocycles. The van der Waals surface area contributed by atoms with Crippen LogP contribution in [-0.4, -0.2) is 46.9 Å². The summed E-state index contributed by atoms with van der Waals surface area (Å²) in [6.07, 6.45) is 1.41. The summed E-state index contributed by atoms with van der Waals surface area (Å²) < 4.78 is 0. The molecular weight excluding hydrogens is 192 g/mol. The molecule has 1 saturated heterocycles. The van der Waals surface area contributed by atoms with Crippen LogP contribution >= 0.6 is 0 Å². The zero-order valence-electron chi connectivity index (χ0n) is 9.73. The van der Waals surface area contributed by atoms with Gasteiger partial charge in [0.15, 0.2) is 0 Å². The second kappa shape index (κ2) is 5.26. The summed E-state index contributed by atoms with van der Waals surface area (Å²) >= 11 is 0. The fourth-order valence-electron chi connectivity index (χ4n) is 1.67. The summed E-state index contributed by atoms with van der Waals surface area (Å²) in [4.78, 5) is 17.9. The van der Waals surface area contributed by atoms with Crippen LogP contribution < -0.4 is 0 Å². The fraction of sp³-hybridized carbons (Fsp3) is 0.818. The van der Waals surface area contributed by atoms with E-state index >= 15 is 0 Å². The van der Waals surface area contributed by atoms with Crippen molar-refractivity contribution in [1.29, 1.82) is 0 Å². The maximum absolute atomic E-state index is 11.9. The highest BCUT2D eigenvalue weighted by Crippen LogP contribution is 2.14. The van der Waals surface area contributed by atoms with E-state index in [9.17, 15) is 4.79 Å². The Kier molecular flexibility index (Phi) is 4.27. The van der Waals surface area contributed by atoms with Crippen molar-refractivity contribution in [2.75, 3.05) is 13.1 Å². The Bertz CT molecular complexity index is 253. The van der Waals surface area contributed by atoms with Gasteiger partial charge in [-0.1, -0.05) is 13.3 Å². The van der Waals surface area contributed by atoms with Crippen LogP contribution in [0.3, 0.4) is 0 Å². The molecule has 1 heterocycles. The van der Waals surface area contributed by atoms with Crippen LogP contribution in [0.1, 0.15) is 33.6 Å². The molecule has 0 saturated carbocycles. The Morgan fingerprint density at radius 3 is 2.53 bits per heavy atom. The maximum Gasteiger partial charge on any atom is 0.247 e. The zero-order valence-corrected chi connectivity index (χ0v) is 9.73. The van der Waals surface area contributed by atoms with E-state index in [0.717, 1.165) is 18.6 Å². The number of aliphatic hydroxyl groups is 1. The Morgan fingerprint density at radius 1 is 1.53 bits per heavy atom. The largest absolute Gasteiger partial charge is 0.389 e. The number of likely N-dealkylation sites (tertiary alicyclic amines) is 1. The van der Waals surface area contributed by atoms with Crippen molar-refractivity contribution in [3.8, 4) is 0 Å². The highest BCUT2D eigenvalue weighted by Gasteiger charge is 2.32. The van der Waals surface area contributed by atoms with E-state index in [-0.39, 0.29) is 18.1 Å². The number of amides is 1. The summed E-state index contributed by atoms with van der Waals surface area (Å²) in [7, 11) is 0. The Hall–Kier alpha value is -0.900. The van der Waals surface area contributed by atoms with Crippen molar-refractivity contribution < 1.29 is 9.90 Å². The first-order chi connectivity index (χ1) is 7.04. The molecule has 0 bridgehead atoms. The van der Waals surface area contributed by atoms with E-state index in [1.54, 1.807) is 4.90 Å². The minimum atomic E-state index is -0.331. The second-order valence-electron chi connectivity index (χ2n) is 4.28. The first kappa shape index (κ1) is 12.2. The predicted molar refractivity (Wildman–Crippen MR) is 60.1 cm³/mol. The van der Waals surface area contributed by atoms with Crippen LogP contribution in [0, 0.1) is 0 Å². The summed E-state index contributed by atoms with van der Waals surface area (Å²) in [6, 6.07) is -0.243. The van der Waals surface area contributed by atoms with Gasteiger partial charge < -0.3 is 10.0 Å². The number of nitrogens with zero attached hydrogens (tertiary/aromatic N) is 2. The number of rotatable bonds is 4. The quantitative estimate of drug-likeness (QED) is 0.702. The normalized spacial score (nSPS) is 18.3. The van der Waals surface area contributed by atoms with Crippen LogP contribution in [-0.2, 0) is 4.79 Å². The minimum Gasteiger partial charge on any atom is -0.389 e. The van der Waals surface area contributed by atoms with Crippen LogP contribution in [0.2, 0.25) is 0 Å². The number of carbonyl (C=O) groups excluding carboxylic acids is 1. The van der Waals surface area contributed by atoms with Gasteiger partial charge in [0, 0.05) is 18.8 Å². The molecule has 1 amide bonds. The standard InChI is InChI=1S/C11H20N2O2/c1-4-5-10(12-8(2)3)11(15)13-6-9(14)7-13/h9-10,14H,4-7H2,1-3H3/t10-/m0/s1. The molecule has 0 aliphatic carbocycles. The van der Waals surface area contributed by atoms with Gasteiger partial charge in [0.05, 0.1) is 6.10 Å². The first-order valence-electron chi connectivity index (χ1n) is 5.52. The summed E-state index contributed by atoms with van der Waals surface area (Å²) in [5, 5.41) is 9.13. The molecule has 1 rings (SSSR count). The Labute approximate surface area is 91.0 Å². The third kappa shape index (κ3) is 3.30. The topological polar surface area (TPSA) is 52.9 Å². The predicted octanol–water partition coefficient (Wildman–Crippen LogP) is 0.839. The average molecular weight is 212 g/mol. The van der Waals surface area contributed by atoms with Crippen molar-refractivity contribution in [3.05, 3.63) is 0 Å². The van der Waals surface area contributed by atoms with E-state index in [0.29, 0.717) is 13.1 Å². The van der Waals surface area contributed by atoms with Crippen molar-refractivity contribution >= 4 is 11.6 Å². The minimum absolute atomic E-state index is 0.0587. The molecule has 1 fully saturated rings. The van der Waals surface area contributed by atoms with E-state index in [1.165, 1.54) is 0 Å². The van der Waals surface area contributed by atoms with Crippen LogP contribution in [0.4, 0.5) is 0 Å². The molecule has 0 spiro atoms. The van der Waals surface area contributed by atoms with Crippen molar-refractivity contribution in [2.24, 2.45) is 4.99 Å². The lowest BCUT2D eigenvalue weighted by atomic mass is 10.1. The lowest BCUT2D eigenvalue weighted by Crippen LogP contribution is -2.56. The summed E-state index contributed by atoms with van der Waals surface area (Å²) in [5.74, 6) is 0.0587. The fourth-order valence-corrected chi connectivity index (χ4v) is 1.67. The van der Waals surface area contributed by atoms with E-state index in [4.69, 9.17) is 5.11 Å². The third-order valence-electron chi connectivity index (χ3n) is 2.44. The molecule has 1 aliphatic rings. The SMILES string of the molecule is CCC[C@H](N=C(C)C)C(=O)N1CC(O)C1. The lowest BCUT2D eigenvalue weighted by molar-refractivity contribution is -0.142. The molecular formula is C11H20N2O2. The number of β-amino-alcohol motifs (C(OH)–C–C–N with tert-alkyl or cyclic N) is 1. The summed E-state index contributed by atoms with van der Waals surface area (Å²) in [6.45, 7) is 6.79. The highest BCUT2D eigenvalue weighted by molar-refractivity contribution is 5.87. The molecule has 4 nitrogen and oxygen atoms in total. The summed E-state index contributed by atoms with van der Waals surface area (Å²) in [5.41, 5.74) is 0.933. The van der Waals surface area contributed by atoms with Gasteiger partial charge in [-0.2, -0.15) is 0 Å². The van der Waals surface area contributed by atoms with Crippen molar-refractivity contribution in [1.82, 2.24) is 4.90 Å². The van der Waals surface area contributed by atoms with Gasteiger partial charge in [-0.25, -0.2) is 0 Å². The number of aliphatic imine (C=N–C) groups is 1. The molecule has 0 aromatic rings. The molecule has 0 aromatic carbocycles. The second-order valence-corrected chi connectivity index (χ2v) is 4.28. The third-order valence-corrected chi connectivity index (χ3v) is 2.44. The van der Waals surface area contributed by atoms with Gasteiger partial charge in [-0.3, -0.25) is 9.79 Å². The van der Waals surface area contributed by atoms with Gasteiger partial charge in [0.25, 0.3) is 0 Å². The van der Waals surface area contributed by atoms with Crippen LogP contribution in [0.5, 0.6) is 0 Å². The number of hydrogen-bond donors (Lipinski definition) is 1. The van der Waals surface area contributed by atoms with Gasteiger partial charge in [-0.05, 0) is 20.3 Å². The number of aliphatic hydroxyl groups excluding tert-OH is 1. The highest BCUT2D eigenvalue weighted by atomic mass is 16.3. The van der Waals surface area contributed by atoms with Gasteiger partial charge in [0.2, 0.25) is 5.91 Å². The van der Waals surface area contributed by atoms with Crippen molar-refractivity contribution in [3.63, 3.8) is 0 Å². The van der Waals surface area contributed by atoms with E-state index < -0.39 is 0 Å². The number of hydrogen-bond acceptors (Lipinski definition) is 3. The molecule has 1 atom stereocenters. The molecule has 15 heavy (non-hydrogen) atoms. The van der Waals surface area contributed by atoms with Crippen LogP contribution in [0.25, 0.3) is 0 Å². The zero-order chi connectivity index (χ0) is 11.4. The molecule has 0 aromatic heterocycles. The van der Waals surface area contributed by atoms with Gasteiger partial charge >= 0.3 is 0 Å². The Morgan fingerprint density at radius 2 is 2.13 bits per heavy atom. The van der Waals surface area contributed by atoms with Crippen molar-refractivity contribution in [2.45, 2.75) is 45.8 Å². The molecule has 86 valence electrons. The molecule has 0 radical (unpaired) electrons. The van der Waals surface area contributed by atoms with Gasteiger partial charge in [0.1, 0.15) is 6.04 Å². The molecule has 0 unspecified atom stereocenters.